The standard InChI is InChI=1S/C11H15BrN2OS/c1-7(9-4-5-10(12)16-9)13-6-11(15)14-8-2-3-8/h4-5,7-8,13H,2-3,6H2,1H3,(H,14,15). The van der Waals surface area contributed by atoms with Crippen LogP contribution in [0.1, 0.15) is 30.7 Å². The van der Waals surface area contributed by atoms with Crippen molar-refractivity contribution in [2.45, 2.75) is 31.8 Å². The summed E-state index contributed by atoms with van der Waals surface area (Å²) in [5, 5.41) is 6.18. The maximum Gasteiger partial charge on any atom is 0.234 e. The maximum atomic E-state index is 11.5. The van der Waals surface area contributed by atoms with Gasteiger partial charge in [-0.3, -0.25) is 4.79 Å². The van der Waals surface area contributed by atoms with Gasteiger partial charge in [0, 0.05) is 17.0 Å². The number of halogens is 1. The van der Waals surface area contributed by atoms with Gasteiger partial charge in [0.15, 0.2) is 0 Å². The van der Waals surface area contributed by atoms with Gasteiger partial charge in [0.1, 0.15) is 0 Å². The van der Waals surface area contributed by atoms with Crippen molar-refractivity contribution in [1.29, 1.82) is 0 Å². The minimum absolute atomic E-state index is 0.102. The number of carbonyl (C=O) groups is 1. The van der Waals surface area contributed by atoms with E-state index in [2.05, 4.69) is 39.6 Å². The Morgan fingerprint density at radius 1 is 1.62 bits per heavy atom. The van der Waals surface area contributed by atoms with E-state index < -0.39 is 0 Å². The highest BCUT2D eigenvalue weighted by molar-refractivity contribution is 9.11. The van der Waals surface area contributed by atoms with Gasteiger partial charge in [0.05, 0.1) is 10.3 Å². The normalized spacial score (nSPS) is 17.1. The number of hydrogen-bond acceptors (Lipinski definition) is 3. The van der Waals surface area contributed by atoms with E-state index in [0.717, 1.165) is 16.6 Å². The molecule has 1 aliphatic rings. The molecule has 1 aliphatic carbocycles. The highest BCUT2D eigenvalue weighted by Gasteiger charge is 2.23. The third-order valence-electron chi connectivity index (χ3n) is 2.53. The zero-order chi connectivity index (χ0) is 11.5. The second-order valence-corrected chi connectivity index (χ2v) is 6.58. The number of amides is 1. The van der Waals surface area contributed by atoms with Crippen molar-refractivity contribution in [3.63, 3.8) is 0 Å². The fraction of sp³-hybridized carbons (Fsp3) is 0.545. The molecule has 0 bridgehead atoms. The Morgan fingerprint density at radius 2 is 2.38 bits per heavy atom. The highest BCUT2D eigenvalue weighted by Crippen LogP contribution is 2.26. The van der Waals surface area contributed by atoms with E-state index in [9.17, 15) is 4.79 Å². The Hall–Kier alpha value is -0.390. The molecule has 16 heavy (non-hydrogen) atoms. The topological polar surface area (TPSA) is 41.1 Å². The predicted octanol–water partition coefficient (Wildman–Crippen LogP) is 2.44. The van der Waals surface area contributed by atoms with Gasteiger partial charge in [0.25, 0.3) is 0 Å². The molecule has 1 aromatic rings. The summed E-state index contributed by atoms with van der Waals surface area (Å²) in [5.74, 6) is 0.102. The molecule has 1 atom stereocenters. The smallest absolute Gasteiger partial charge is 0.234 e. The number of carbonyl (C=O) groups excluding carboxylic acids is 1. The van der Waals surface area contributed by atoms with Crippen molar-refractivity contribution < 1.29 is 4.79 Å². The van der Waals surface area contributed by atoms with Gasteiger partial charge in [0.2, 0.25) is 5.91 Å². The van der Waals surface area contributed by atoms with Crippen molar-refractivity contribution in [3.05, 3.63) is 20.8 Å². The van der Waals surface area contributed by atoms with Crippen molar-refractivity contribution >= 4 is 33.2 Å². The number of hydrogen-bond donors (Lipinski definition) is 2. The van der Waals surface area contributed by atoms with Crippen LogP contribution in [-0.2, 0) is 4.79 Å². The van der Waals surface area contributed by atoms with E-state index in [1.54, 1.807) is 11.3 Å². The van der Waals surface area contributed by atoms with Crippen LogP contribution in [0.2, 0.25) is 0 Å². The lowest BCUT2D eigenvalue weighted by Crippen LogP contribution is -2.35. The van der Waals surface area contributed by atoms with Crippen molar-refractivity contribution in [3.8, 4) is 0 Å². The van der Waals surface area contributed by atoms with Crippen LogP contribution >= 0.6 is 27.3 Å². The van der Waals surface area contributed by atoms with E-state index in [-0.39, 0.29) is 11.9 Å². The van der Waals surface area contributed by atoms with Gasteiger partial charge in [-0.15, -0.1) is 11.3 Å². The van der Waals surface area contributed by atoms with E-state index in [4.69, 9.17) is 0 Å². The Kier molecular flexibility index (Phi) is 4.00. The molecule has 0 spiro atoms. The van der Waals surface area contributed by atoms with E-state index in [1.807, 2.05) is 6.07 Å². The first-order valence-electron chi connectivity index (χ1n) is 5.43. The first kappa shape index (κ1) is 12.1. The highest BCUT2D eigenvalue weighted by atomic mass is 79.9. The summed E-state index contributed by atoms with van der Waals surface area (Å²) in [4.78, 5) is 12.7. The van der Waals surface area contributed by atoms with Crippen LogP contribution in [0, 0.1) is 0 Å². The Bertz CT molecular complexity index is 376. The second kappa shape index (κ2) is 5.29. The number of thiophene rings is 1. The maximum absolute atomic E-state index is 11.5. The van der Waals surface area contributed by atoms with Crippen LogP contribution in [-0.4, -0.2) is 18.5 Å². The molecule has 2 rings (SSSR count). The molecule has 1 saturated carbocycles. The average molecular weight is 303 g/mol. The SMILES string of the molecule is CC(NCC(=O)NC1CC1)c1ccc(Br)s1. The number of rotatable bonds is 5. The van der Waals surface area contributed by atoms with Crippen LogP contribution in [0.25, 0.3) is 0 Å². The first-order chi connectivity index (χ1) is 7.65. The zero-order valence-electron chi connectivity index (χ0n) is 9.13. The largest absolute Gasteiger partial charge is 0.352 e. The first-order valence-corrected chi connectivity index (χ1v) is 7.04. The molecule has 0 aliphatic heterocycles. The summed E-state index contributed by atoms with van der Waals surface area (Å²) in [6.45, 7) is 2.47. The monoisotopic (exact) mass is 302 g/mol. The molecule has 0 aromatic carbocycles. The van der Waals surface area contributed by atoms with Gasteiger partial charge in [-0.2, -0.15) is 0 Å². The van der Waals surface area contributed by atoms with Gasteiger partial charge in [-0.05, 0) is 47.8 Å². The van der Waals surface area contributed by atoms with E-state index in [1.165, 1.54) is 4.88 Å². The summed E-state index contributed by atoms with van der Waals surface area (Å²) in [6, 6.07) is 4.77. The molecule has 1 aromatic heterocycles. The summed E-state index contributed by atoms with van der Waals surface area (Å²) in [6.07, 6.45) is 2.28. The molecule has 0 saturated heterocycles. The molecule has 1 heterocycles. The Morgan fingerprint density at radius 3 is 2.94 bits per heavy atom. The lowest BCUT2D eigenvalue weighted by atomic mass is 10.3. The Balaban J connectivity index is 1.74. The lowest BCUT2D eigenvalue weighted by molar-refractivity contribution is -0.120. The minimum atomic E-state index is 0.102. The molecule has 1 unspecified atom stereocenters. The molecular weight excluding hydrogens is 288 g/mol. The van der Waals surface area contributed by atoms with Crippen molar-refractivity contribution in [2.75, 3.05) is 6.54 Å². The van der Waals surface area contributed by atoms with Gasteiger partial charge in [-0.1, -0.05) is 0 Å². The van der Waals surface area contributed by atoms with Crippen molar-refractivity contribution in [2.24, 2.45) is 0 Å². The minimum Gasteiger partial charge on any atom is -0.352 e. The Labute approximate surface area is 108 Å². The van der Waals surface area contributed by atoms with Gasteiger partial charge < -0.3 is 10.6 Å². The van der Waals surface area contributed by atoms with Gasteiger partial charge in [-0.25, -0.2) is 0 Å². The molecule has 1 amide bonds. The third-order valence-corrected chi connectivity index (χ3v) is 4.34. The second-order valence-electron chi connectivity index (χ2n) is 4.09. The fourth-order valence-electron chi connectivity index (χ4n) is 1.41. The molecule has 2 N–H and O–H groups in total. The predicted molar refractivity (Wildman–Crippen MR) is 69.6 cm³/mol. The molecular formula is C11H15BrN2OS. The summed E-state index contributed by atoms with van der Waals surface area (Å²) >= 11 is 5.13. The average Bonchev–Trinajstić information content (AvgIpc) is 2.95. The number of nitrogens with one attached hydrogen (secondary N) is 2. The van der Waals surface area contributed by atoms with Crippen LogP contribution in [0.15, 0.2) is 15.9 Å². The molecule has 0 radical (unpaired) electrons. The van der Waals surface area contributed by atoms with E-state index >= 15 is 0 Å². The lowest BCUT2D eigenvalue weighted by Gasteiger charge is -2.11. The summed E-state index contributed by atoms with van der Waals surface area (Å²) in [7, 11) is 0. The fourth-order valence-corrected chi connectivity index (χ4v) is 2.86. The van der Waals surface area contributed by atoms with Crippen LogP contribution in [0.5, 0.6) is 0 Å². The zero-order valence-corrected chi connectivity index (χ0v) is 11.5. The van der Waals surface area contributed by atoms with E-state index in [0.29, 0.717) is 12.6 Å². The van der Waals surface area contributed by atoms with Gasteiger partial charge >= 0.3 is 0 Å². The molecule has 88 valence electrons. The molecule has 1 fully saturated rings. The van der Waals surface area contributed by atoms with Crippen molar-refractivity contribution in [1.82, 2.24) is 10.6 Å². The molecule has 3 nitrogen and oxygen atoms in total. The third kappa shape index (κ3) is 3.57. The van der Waals surface area contributed by atoms with Crippen LogP contribution in [0.4, 0.5) is 0 Å². The van der Waals surface area contributed by atoms with Crippen LogP contribution < -0.4 is 10.6 Å². The van der Waals surface area contributed by atoms with Crippen LogP contribution in [0.3, 0.4) is 0 Å². The summed E-state index contributed by atoms with van der Waals surface area (Å²) in [5.41, 5.74) is 0. The summed E-state index contributed by atoms with van der Waals surface area (Å²) < 4.78 is 1.12. The quantitative estimate of drug-likeness (QED) is 0.877. The molecule has 5 heteroatoms.